The van der Waals surface area contributed by atoms with Crippen molar-refractivity contribution in [3.63, 3.8) is 0 Å². The number of terminal acetylenes is 1. The van der Waals surface area contributed by atoms with Crippen molar-refractivity contribution in [3.8, 4) is 18.7 Å². The van der Waals surface area contributed by atoms with E-state index < -0.39 is 0 Å². The van der Waals surface area contributed by atoms with Gasteiger partial charge in [-0.2, -0.15) is 4.98 Å². The molecule has 11 heavy (non-hydrogen) atoms. The third-order valence-corrected chi connectivity index (χ3v) is 2.50. The fraction of sp³-hybridized carbons (Fsp3) is 0.286. The zero-order valence-electron chi connectivity index (χ0n) is 5.44. The van der Waals surface area contributed by atoms with E-state index >= 15 is 0 Å². The standard InChI is InChI=1S/C4H5NOS2.C2H2.CH4/c1-7-4-5-3(6)2-8-4;1-2;/h2,6H,1H3;1-2H;1H4. The fourth-order valence-corrected chi connectivity index (χ4v) is 1.46. The summed E-state index contributed by atoms with van der Waals surface area (Å²) < 4.78 is 0.905. The number of thioether (sulfide) groups is 1. The van der Waals surface area contributed by atoms with E-state index in [0.717, 1.165) is 4.34 Å². The van der Waals surface area contributed by atoms with Crippen molar-refractivity contribution in [1.29, 1.82) is 0 Å². The van der Waals surface area contributed by atoms with Gasteiger partial charge in [-0.3, -0.25) is 0 Å². The minimum Gasteiger partial charge on any atom is -0.493 e. The normalized spacial score (nSPS) is 7.18. The summed E-state index contributed by atoms with van der Waals surface area (Å²) in [5.74, 6) is 0.124. The summed E-state index contributed by atoms with van der Waals surface area (Å²) in [7, 11) is 0. The highest BCUT2D eigenvalue weighted by atomic mass is 32.2. The fourth-order valence-electron chi connectivity index (χ4n) is 0.343. The average molecular weight is 189 g/mol. The van der Waals surface area contributed by atoms with Crippen molar-refractivity contribution in [2.45, 2.75) is 11.8 Å². The summed E-state index contributed by atoms with van der Waals surface area (Å²) in [4.78, 5) is 3.77. The Morgan fingerprint density at radius 3 is 2.36 bits per heavy atom. The minimum atomic E-state index is 0. The SMILES string of the molecule is C.C#C.CSc1nc(O)cs1. The van der Waals surface area contributed by atoms with Gasteiger partial charge in [0, 0.05) is 0 Å². The molecule has 0 radical (unpaired) electrons. The first-order valence-corrected chi connectivity index (χ1v) is 4.45. The lowest BCUT2D eigenvalue weighted by molar-refractivity contribution is 0.454. The smallest absolute Gasteiger partial charge is 0.222 e. The van der Waals surface area contributed by atoms with Gasteiger partial charge in [-0.1, -0.05) is 19.2 Å². The molecule has 0 aromatic carbocycles. The quantitative estimate of drug-likeness (QED) is 0.544. The Morgan fingerprint density at radius 2 is 2.18 bits per heavy atom. The molecule has 0 saturated carbocycles. The average Bonchev–Trinajstić information content (AvgIpc) is 2.40. The molecule has 0 fully saturated rings. The first kappa shape index (κ1) is 13.0. The summed E-state index contributed by atoms with van der Waals surface area (Å²) in [6.07, 6.45) is 9.93. The monoisotopic (exact) mass is 189 g/mol. The Kier molecular flexibility index (Phi) is 8.78. The molecule has 0 saturated heterocycles. The van der Waals surface area contributed by atoms with Crippen LogP contribution in [0.25, 0.3) is 0 Å². The number of rotatable bonds is 1. The van der Waals surface area contributed by atoms with Crippen molar-refractivity contribution >= 4 is 23.1 Å². The Labute approximate surface area is 75.7 Å². The van der Waals surface area contributed by atoms with Gasteiger partial charge >= 0.3 is 0 Å². The highest BCUT2D eigenvalue weighted by Crippen LogP contribution is 2.22. The molecule has 0 unspecified atom stereocenters. The Morgan fingerprint density at radius 1 is 1.64 bits per heavy atom. The van der Waals surface area contributed by atoms with E-state index in [1.807, 2.05) is 6.26 Å². The van der Waals surface area contributed by atoms with Crippen molar-refractivity contribution in [2.24, 2.45) is 0 Å². The largest absolute Gasteiger partial charge is 0.493 e. The lowest BCUT2D eigenvalue weighted by Gasteiger charge is -1.78. The molecule has 1 heterocycles. The second-order valence-electron chi connectivity index (χ2n) is 1.18. The molecule has 0 amide bonds. The van der Waals surface area contributed by atoms with E-state index in [2.05, 4.69) is 17.8 Å². The molecule has 1 rings (SSSR count). The molecule has 0 aliphatic heterocycles. The number of aromatic hydroxyl groups is 1. The summed E-state index contributed by atoms with van der Waals surface area (Å²) in [5.41, 5.74) is 0. The van der Waals surface area contributed by atoms with Crippen molar-refractivity contribution in [2.75, 3.05) is 6.26 Å². The van der Waals surface area contributed by atoms with Crippen LogP contribution in [0.1, 0.15) is 7.43 Å². The van der Waals surface area contributed by atoms with Crippen LogP contribution in [-0.4, -0.2) is 16.3 Å². The molecular formula is C7H11NOS2. The Balaban J connectivity index is 0. The summed E-state index contributed by atoms with van der Waals surface area (Å²) in [6, 6.07) is 0. The zero-order chi connectivity index (χ0) is 7.98. The lowest BCUT2D eigenvalue weighted by atomic mass is 10.9. The molecule has 0 aliphatic carbocycles. The lowest BCUT2D eigenvalue weighted by Crippen LogP contribution is -1.61. The molecule has 0 aliphatic rings. The summed E-state index contributed by atoms with van der Waals surface area (Å²) in [6.45, 7) is 0. The number of nitrogens with zero attached hydrogens (tertiary/aromatic N) is 1. The van der Waals surface area contributed by atoms with Gasteiger partial charge in [0.15, 0.2) is 4.34 Å². The molecule has 1 aromatic heterocycles. The van der Waals surface area contributed by atoms with E-state index in [4.69, 9.17) is 5.11 Å². The number of aromatic nitrogens is 1. The molecule has 1 aromatic rings. The molecule has 1 N–H and O–H groups in total. The third kappa shape index (κ3) is 4.71. The second-order valence-corrected chi connectivity index (χ2v) is 3.09. The van der Waals surface area contributed by atoms with E-state index in [1.165, 1.54) is 23.1 Å². The van der Waals surface area contributed by atoms with Gasteiger partial charge in [-0.05, 0) is 6.26 Å². The van der Waals surface area contributed by atoms with Gasteiger partial charge in [-0.25, -0.2) is 0 Å². The first-order chi connectivity index (χ1) is 4.83. The van der Waals surface area contributed by atoms with Crippen molar-refractivity contribution in [3.05, 3.63) is 5.38 Å². The second kappa shape index (κ2) is 7.45. The van der Waals surface area contributed by atoms with Crippen LogP contribution >= 0.6 is 23.1 Å². The molecule has 2 nitrogen and oxygen atoms in total. The van der Waals surface area contributed by atoms with Crippen LogP contribution in [0, 0.1) is 12.8 Å². The van der Waals surface area contributed by atoms with Gasteiger partial charge in [-0.15, -0.1) is 24.2 Å². The predicted octanol–water partition coefficient (Wildman–Crippen LogP) is 2.46. The van der Waals surface area contributed by atoms with E-state index in [9.17, 15) is 0 Å². The Hall–Kier alpha value is -0.660. The minimum absolute atomic E-state index is 0. The van der Waals surface area contributed by atoms with E-state index in [0.29, 0.717) is 0 Å². The van der Waals surface area contributed by atoms with Gasteiger partial charge < -0.3 is 5.11 Å². The van der Waals surface area contributed by atoms with Gasteiger partial charge in [0.1, 0.15) is 0 Å². The number of thiazole rings is 1. The van der Waals surface area contributed by atoms with Crippen LogP contribution in [0.3, 0.4) is 0 Å². The van der Waals surface area contributed by atoms with Gasteiger partial charge in [0.05, 0.1) is 5.38 Å². The summed E-state index contributed by atoms with van der Waals surface area (Å²) >= 11 is 2.99. The molecular weight excluding hydrogens is 178 g/mol. The van der Waals surface area contributed by atoms with Crippen LogP contribution in [0.15, 0.2) is 9.72 Å². The highest BCUT2D eigenvalue weighted by molar-refractivity contribution is 8.00. The molecule has 0 spiro atoms. The van der Waals surface area contributed by atoms with Crippen LogP contribution in [0.5, 0.6) is 5.88 Å². The van der Waals surface area contributed by atoms with Crippen LogP contribution in [0.2, 0.25) is 0 Å². The van der Waals surface area contributed by atoms with E-state index in [1.54, 1.807) is 5.38 Å². The maximum atomic E-state index is 8.67. The molecule has 62 valence electrons. The molecule has 0 bridgehead atoms. The maximum Gasteiger partial charge on any atom is 0.222 e. The van der Waals surface area contributed by atoms with Crippen LogP contribution < -0.4 is 0 Å². The highest BCUT2D eigenvalue weighted by Gasteiger charge is 1.94. The number of hydrogen-bond donors (Lipinski definition) is 1. The molecule has 0 atom stereocenters. The van der Waals surface area contributed by atoms with Gasteiger partial charge in [0.25, 0.3) is 0 Å². The van der Waals surface area contributed by atoms with Crippen LogP contribution in [0.4, 0.5) is 0 Å². The van der Waals surface area contributed by atoms with Gasteiger partial charge in [0.2, 0.25) is 5.88 Å². The number of hydrogen-bond acceptors (Lipinski definition) is 4. The van der Waals surface area contributed by atoms with Crippen molar-refractivity contribution in [1.82, 2.24) is 4.98 Å². The summed E-state index contributed by atoms with van der Waals surface area (Å²) in [5, 5.41) is 10.3. The molecule has 4 heteroatoms. The maximum absolute atomic E-state index is 8.67. The predicted molar refractivity (Wildman–Crippen MR) is 52.2 cm³/mol. The van der Waals surface area contributed by atoms with Crippen LogP contribution in [-0.2, 0) is 0 Å². The van der Waals surface area contributed by atoms with E-state index in [-0.39, 0.29) is 13.3 Å². The Bertz CT molecular complexity index is 207. The van der Waals surface area contributed by atoms with Crippen molar-refractivity contribution < 1.29 is 5.11 Å². The zero-order valence-corrected chi connectivity index (χ0v) is 7.08. The first-order valence-electron chi connectivity index (χ1n) is 2.35. The topological polar surface area (TPSA) is 33.1 Å². The third-order valence-electron chi connectivity index (χ3n) is 0.646.